The molecule has 2 heterocycles. The summed E-state index contributed by atoms with van der Waals surface area (Å²) in [4.78, 5) is 19.6. The molecule has 5 rings (SSSR count). The first-order valence-electron chi connectivity index (χ1n) is 12.1. The molecule has 36 heavy (non-hydrogen) atoms. The first-order chi connectivity index (χ1) is 17.7. The number of cyclic esters (lactones) is 1. The number of carbonyl (C=O) groups is 1. The molecule has 6 nitrogen and oxygen atoms in total. The van der Waals surface area contributed by atoms with Crippen molar-refractivity contribution in [2.75, 3.05) is 18.1 Å². The fraction of sp³-hybridized carbons (Fsp3) is 0.167. The largest absolute Gasteiger partial charge is 0.439 e. The zero-order valence-corrected chi connectivity index (χ0v) is 20.1. The summed E-state index contributed by atoms with van der Waals surface area (Å²) < 4.78 is 11.9. The molecule has 0 aliphatic carbocycles. The Morgan fingerprint density at radius 2 is 1.61 bits per heavy atom. The molecule has 0 radical (unpaired) electrons. The number of hydrogen-bond donors (Lipinski definition) is 1. The van der Waals surface area contributed by atoms with Gasteiger partial charge in [-0.05, 0) is 41.3 Å². The Balaban J connectivity index is 1.52. The molecular formula is C30H28N2O4. The minimum Gasteiger partial charge on any atom is -0.439 e. The van der Waals surface area contributed by atoms with Gasteiger partial charge in [0.2, 0.25) is 5.88 Å². The van der Waals surface area contributed by atoms with Gasteiger partial charge in [-0.25, -0.2) is 10.7 Å². The summed E-state index contributed by atoms with van der Waals surface area (Å²) in [6.45, 7) is 2.94. The Labute approximate surface area is 210 Å². The van der Waals surface area contributed by atoms with Crippen LogP contribution in [-0.2, 0) is 14.4 Å². The van der Waals surface area contributed by atoms with Crippen molar-refractivity contribution in [1.82, 2.24) is 0 Å². The lowest BCUT2D eigenvalue weighted by Gasteiger charge is -2.18. The van der Waals surface area contributed by atoms with Crippen LogP contribution < -0.4 is 15.5 Å². The molecule has 0 amide bonds. The van der Waals surface area contributed by atoms with Crippen LogP contribution in [0.25, 0.3) is 16.7 Å². The minimum absolute atomic E-state index is 0.0379. The molecule has 3 aromatic rings. The fourth-order valence-electron chi connectivity index (χ4n) is 4.45. The number of ether oxygens (including phenoxy) is 2. The molecule has 0 fully saturated rings. The summed E-state index contributed by atoms with van der Waals surface area (Å²) in [5, 5.41) is 0. The smallest absolute Gasteiger partial charge is 0.342 e. The average molecular weight is 481 g/mol. The highest BCUT2D eigenvalue weighted by Crippen LogP contribution is 2.42. The number of esters is 1. The summed E-state index contributed by atoms with van der Waals surface area (Å²) in [5.41, 5.74) is 5.22. The standard InChI is InChI=1S/C30H28N2O4/c1-2-3-18-32-25-19-23(21-10-6-4-7-11-21)14-15-26(25)35-28(32)17-16-27-29(22-12-8-5-9-13-22)24(20-34-31)30(33)36-27/h4-17,19H,2-3,18,20,31H2,1H3/b27-16-,28-17-. The summed E-state index contributed by atoms with van der Waals surface area (Å²) in [7, 11) is 0. The molecule has 0 aromatic heterocycles. The van der Waals surface area contributed by atoms with Gasteiger partial charge in [0.05, 0.1) is 11.3 Å². The van der Waals surface area contributed by atoms with E-state index in [4.69, 9.17) is 20.2 Å². The summed E-state index contributed by atoms with van der Waals surface area (Å²) in [6.07, 6.45) is 5.70. The van der Waals surface area contributed by atoms with Gasteiger partial charge < -0.3 is 14.4 Å². The van der Waals surface area contributed by atoms with E-state index in [0.29, 0.717) is 22.8 Å². The normalized spacial score (nSPS) is 17.1. The zero-order chi connectivity index (χ0) is 24.9. The molecule has 2 aliphatic heterocycles. The second-order valence-electron chi connectivity index (χ2n) is 8.61. The Morgan fingerprint density at radius 3 is 2.31 bits per heavy atom. The molecule has 0 spiro atoms. The second-order valence-corrected chi connectivity index (χ2v) is 8.61. The number of allylic oxidation sites excluding steroid dienone is 3. The van der Waals surface area contributed by atoms with E-state index in [-0.39, 0.29) is 6.61 Å². The number of carbonyl (C=O) groups excluding carboxylic acids is 1. The average Bonchev–Trinajstić information content (AvgIpc) is 3.43. The third kappa shape index (κ3) is 4.69. The summed E-state index contributed by atoms with van der Waals surface area (Å²) >= 11 is 0. The quantitative estimate of drug-likeness (QED) is 0.316. The Kier molecular flexibility index (Phi) is 6.98. The number of nitrogens with two attached hydrogens (primary N) is 1. The van der Waals surface area contributed by atoms with Crippen molar-refractivity contribution in [3.63, 3.8) is 0 Å². The van der Waals surface area contributed by atoms with Crippen LogP contribution in [0, 0.1) is 0 Å². The first kappa shape index (κ1) is 23.6. The SMILES string of the molecule is CCCCN1/C(=C/C=C2\OC(=O)C(CON)=C2c2ccccc2)Oc2ccc(-c3ccccc3)cc21. The number of anilines is 1. The van der Waals surface area contributed by atoms with Crippen molar-refractivity contribution < 1.29 is 19.1 Å². The Hall–Kier alpha value is -4.13. The van der Waals surface area contributed by atoms with Gasteiger partial charge in [0.25, 0.3) is 0 Å². The molecule has 6 heteroatoms. The van der Waals surface area contributed by atoms with Gasteiger partial charge in [-0.3, -0.25) is 4.84 Å². The van der Waals surface area contributed by atoms with Crippen molar-refractivity contribution in [1.29, 1.82) is 0 Å². The Morgan fingerprint density at radius 1 is 0.889 bits per heavy atom. The van der Waals surface area contributed by atoms with Crippen LogP contribution in [-0.4, -0.2) is 19.1 Å². The van der Waals surface area contributed by atoms with Gasteiger partial charge >= 0.3 is 5.97 Å². The predicted molar refractivity (Wildman–Crippen MR) is 141 cm³/mol. The van der Waals surface area contributed by atoms with E-state index in [1.165, 1.54) is 0 Å². The van der Waals surface area contributed by atoms with Gasteiger partial charge in [0.15, 0.2) is 5.75 Å². The molecule has 0 unspecified atom stereocenters. The lowest BCUT2D eigenvalue weighted by molar-refractivity contribution is -0.133. The van der Waals surface area contributed by atoms with Crippen LogP contribution in [0.1, 0.15) is 25.3 Å². The van der Waals surface area contributed by atoms with E-state index < -0.39 is 5.97 Å². The van der Waals surface area contributed by atoms with Crippen molar-refractivity contribution in [3.05, 3.63) is 114 Å². The van der Waals surface area contributed by atoms with E-state index >= 15 is 0 Å². The van der Waals surface area contributed by atoms with Gasteiger partial charge in [-0.2, -0.15) is 0 Å². The number of nitrogens with zero attached hydrogens (tertiary/aromatic N) is 1. The molecule has 3 aromatic carbocycles. The lowest BCUT2D eigenvalue weighted by atomic mass is 10.00. The van der Waals surface area contributed by atoms with Crippen LogP contribution in [0.4, 0.5) is 5.69 Å². The molecule has 0 saturated carbocycles. The Bertz CT molecular complexity index is 1340. The van der Waals surface area contributed by atoms with Crippen molar-refractivity contribution in [2.45, 2.75) is 19.8 Å². The van der Waals surface area contributed by atoms with Crippen LogP contribution in [0.3, 0.4) is 0 Å². The highest BCUT2D eigenvalue weighted by Gasteiger charge is 2.31. The number of hydrogen-bond acceptors (Lipinski definition) is 6. The highest BCUT2D eigenvalue weighted by molar-refractivity contribution is 6.07. The topological polar surface area (TPSA) is 74.0 Å². The first-order valence-corrected chi connectivity index (χ1v) is 12.1. The summed E-state index contributed by atoms with van der Waals surface area (Å²) in [5.74, 6) is 6.75. The van der Waals surface area contributed by atoms with E-state index in [2.05, 4.69) is 36.1 Å². The maximum Gasteiger partial charge on any atom is 0.342 e. The van der Waals surface area contributed by atoms with E-state index in [1.807, 2.05) is 60.7 Å². The lowest BCUT2D eigenvalue weighted by Crippen LogP contribution is -2.21. The van der Waals surface area contributed by atoms with Gasteiger partial charge in [0.1, 0.15) is 12.4 Å². The maximum atomic E-state index is 12.6. The fourth-order valence-corrected chi connectivity index (χ4v) is 4.45. The van der Waals surface area contributed by atoms with Crippen molar-refractivity contribution in [3.8, 4) is 16.9 Å². The van der Waals surface area contributed by atoms with E-state index in [0.717, 1.165) is 47.5 Å². The number of rotatable bonds is 8. The zero-order valence-electron chi connectivity index (χ0n) is 20.1. The molecule has 2 aliphatic rings. The molecule has 2 N–H and O–H groups in total. The van der Waals surface area contributed by atoms with Crippen molar-refractivity contribution in [2.24, 2.45) is 5.90 Å². The molecule has 182 valence electrons. The predicted octanol–water partition coefficient (Wildman–Crippen LogP) is 5.98. The molecule has 0 atom stereocenters. The van der Waals surface area contributed by atoms with Crippen LogP contribution in [0.5, 0.6) is 5.75 Å². The van der Waals surface area contributed by atoms with Gasteiger partial charge in [0, 0.05) is 18.2 Å². The summed E-state index contributed by atoms with van der Waals surface area (Å²) in [6, 6.07) is 26.1. The van der Waals surface area contributed by atoms with E-state index in [1.54, 1.807) is 6.08 Å². The van der Waals surface area contributed by atoms with Crippen LogP contribution in [0.2, 0.25) is 0 Å². The van der Waals surface area contributed by atoms with Gasteiger partial charge in [-0.15, -0.1) is 0 Å². The number of fused-ring (bicyclic) bond motifs is 1. The minimum atomic E-state index is -0.463. The van der Waals surface area contributed by atoms with Crippen molar-refractivity contribution >= 4 is 17.2 Å². The third-order valence-electron chi connectivity index (χ3n) is 6.24. The monoisotopic (exact) mass is 480 g/mol. The van der Waals surface area contributed by atoms with E-state index in [9.17, 15) is 4.79 Å². The highest BCUT2D eigenvalue weighted by atomic mass is 16.6. The van der Waals surface area contributed by atoms with Crippen LogP contribution in [0.15, 0.2) is 108 Å². The van der Waals surface area contributed by atoms with Gasteiger partial charge in [-0.1, -0.05) is 80.1 Å². The van der Waals surface area contributed by atoms with Crippen LogP contribution >= 0.6 is 0 Å². The molecular weight excluding hydrogens is 452 g/mol. The molecule has 0 saturated heterocycles. The molecule has 0 bridgehead atoms. The number of benzene rings is 3. The maximum absolute atomic E-state index is 12.6. The third-order valence-corrected chi connectivity index (χ3v) is 6.24. The number of unbranched alkanes of at least 4 members (excludes halogenated alkanes) is 1. The second kappa shape index (κ2) is 10.6.